The Morgan fingerprint density at radius 2 is 1.95 bits per heavy atom. The molecule has 0 heterocycles. The molecule has 2 nitrogen and oxygen atoms in total. The monoisotopic (exact) mass is 304 g/mol. The van der Waals surface area contributed by atoms with Crippen molar-refractivity contribution in [2.75, 3.05) is 18.0 Å². The molecule has 0 spiro atoms. The number of unbranched alkanes of at least 4 members (excludes halogenated alkanes) is 1. The first-order valence-corrected chi connectivity index (χ1v) is 6.98. The Balaban J connectivity index is 3.21. The molecular formula is C14H19F3N2S. The van der Waals surface area contributed by atoms with E-state index >= 15 is 0 Å². The number of alkyl halides is 3. The molecule has 6 heteroatoms. The lowest BCUT2D eigenvalue weighted by Gasteiger charge is -2.24. The highest BCUT2D eigenvalue weighted by molar-refractivity contribution is 7.80. The van der Waals surface area contributed by atoms with Gasteiger partial charge in [-0.25, -0.2) is 0 Å². The molecule has 0 fully saturated rings. The van der Waals surface area contributed by atoms with Gasteiger partial charge < -0.3 is 10.6 Å². The van der Waals surface area contributed by atoms with Crippen LogP contribution in [0.4, 0.5) is 18.9 Å². The Kier molecular flexibility index (Phi) is 5.80. The van der Waals surface area contributed by atoms with E-state index in [1.54, 1.807) is 6.07 Å². The molecule has 0 saturated carbocycles. The van der Waals surface area contributed by atoms with Crippen LogP contribution >= 0.6 is 12.2 Å². The number of thiocarbonyl (C=S) groups is 1. The lowest BCUT2D eigenvalue weighted by molar-refractivity contribution is -0.137. The Morgan fingerprint density at radius 1 is 1.30 bits per heavy atom. The zero-order chi connectivity index (χ0) is 15.3. The second-order valence-corrected chi connectivity index (χ2v) is 4.96. The summed E-state index contributed by atoms with van der Waals surface area (Å²) >= 11 is 4.69. The van der Waals surface area contributed by atoms with Crippen molar-refractivity contribution in [2.45, 2.75) is 32.9 Å². The maximum Gasteiger partial charge on any atom is 0.417 e. The molecule has 0 saturated heterocycles. The smallest absolute Gasteiger partial charge is 0.389 e. The summed E-state index contributed by atoms with van der Waals surface area (Å²) in [7, 11) is 0. The van der Waals surface area contributed by atoms with E-state index in [9.17, 15) is 13.2 Å². The molecule has 0 bridgehead atoms. The zero-order valence-corrected chi connectivity index (χ0v) is 12.4. The van der Waals surface area contributed by atoms with Gasteiger partial charge in [-0.1, -0.05) is 25.6 Å². The zero-order valence-electron chi connectivity index (χ0n) is 11.6. The van der Waals surface area contributed by atoms with Crippen molar-refractivity contribution in [3.8, 4) is 0 Å². The van der Waals surface area contributed by atoms with Crippen LogP contribution in [0.15, 0.2) is 18.2 Å². The van der Waals surface area contributed by atoms with Gasteiger partial charge in [0, 0.05) is 24.3 Å². The van der Waals surface area contributed by atoms with Crippen LogP contribution in [-0.2, 0) is 6.18 Å². The third-order valence-corrected chi connectivity index (χ3v) is 3.32. The Morgan fingerprint density at radius 3 is 2.40 bits per heavy atom. The number of hydrogen-bond donors (Lipinski definition) is 1. The molecule has 112 valence electrons. The highest BCUT2D eigenvalue weighted by Gasteiger charge is 2.34. The number of hydrogen-bond acceptors (Lipinski definition) is 2. The molecule has 20 heavy (non-hydrogen) atoms. The van der Waals surface area contributed by atoms with Crippen LogP contribution < -0.4 is 10.6 Å². The average Bonchev–Trinajstić information content (AvgIpc) is 2.38. The minimum Gasteiger partial charge on any atom is -0.389 e. The molecule has 0 aromatic heterocycles. The first kappa shape index (κ1) is 16.8. The Bertz CT molecular complexity index is 472. The number of anilines is 1. The van der Waals surface area contributed by atoms with Gasteiger partial charge in [0.1, 0.15) is 4.99 Å². The molecule has 0 atom stereocenters. The van der Waals surface area contributed by atoms with Crippen LogP contribution in [0.1, 0.15) is 37.8 Å². The molecule has 0 aliphatic rings. The first-order chi connectivity index (χ1) is 9.31. The maximum atomic E-state index is 13.1. The van der Waals surface area contributed by atoms with Crippen molar-refractivity contribution in [1.29, 1.82) is 0 Å². The van der Waals surface area contributed by atoms with Crippen LogP contribution in [0.2, 0.25) is 0 Å². The fraction of sp³-hybridized carbons (Fsp3) is 0.500. The van der Waals surface area contributed by atoms with Crippen molar-refractivity contribution < 1.29 is 13.2 Å². The van der Waals surface area contributed by atoms with E-state index in [1.807, 2.05) is 18.7 Å². The minimum atomic E-state index is -4.46. The standard InChI is InChI=1S/C14H19F3N2S/c1-3-5-8-19(4-2)10-6-7-11(13(18)20)12(9-10)14(15,16)17/h6-7,9H,3-5,8H2,1-2H3,(H2,18,20). The summed E-state index contributed by atoms with van der Waals surface area (Å²) in [4.78, 5) is 1.68. The van der Waals surface area contributed by atoms with E-state index in [-0.39, 0.29) is 10.6 Å². The minimum absolute atomic E-state index is 0.122. The fourth-order valence-corrected chi connectivity index (χ4v) is 2.18. The summed E-state index contributed by atoms with van der Waals surface area (Å²) in [5, 5.41) is 0. The van der Waals surface area contributed by atoms with Crippen molar-refractivity contribution in [3.05, 3.63) is 29.3 Å². The predicted molar refractivity (Wildman–Crippen MR) is 80.1 cm³/mol. The van der Waals surface area contributed by atoms with Gasteiger partial charge in [-0.05, 0) is 31.5 Å². The number of nitrogens with zero attached hydrogens (tertiary/aromatic N) is 1. The maximum absolute atomic E-state index is 13.1. The number of rotatable bonds is 6. The van der Waals surface area contributed by atoms with E-state index in [4.69, 9.17) is 5.73 Å². The van der Waals surface area contributed by atoms with Gasteiger partial charge in [-0.15, -0.1) is 0 Å². The second kappa shape index (κ2) is 6.92. The average molecular weight is 304 g/mol. The van der Waals surface area contributed by atoms with Gasteiger partial charge in [0.2, 0.25) is 0 Å². The van der Waals surface area contributed by atoms with Gasteiger partial charge in [-0.2, -0.15) is 13.2 Å². The van der Waals surface area contributed by atoms with E-state index < -0.39 is 11.7 Å². The van der Waals surface area contributed by atoms with Crippen molar-refractivity contribution in [1.82, 2.24) is 0 Å². The van der Waals surface area contributed by atoms with Crippen LogP contribution in [-0.4, -0.2) is 18.1 Å². The van der Waals surface area contributed by atoms with Crippen LogP contribution in [0.25, 0.3) is 0 Å². The fourth-order valence-electron chi connectivity index (χ4n) is 2.00. The second-order valence-electron chi connectivity index (χ2n) is 4.53. The molecule has 1 aromatic rings. The third-order valence-electron chi connectivity index (χ3n) is 3.10. The quantitative estimate of drug-likeness (QED) is 0.806. The molecule has 0 radical (unpaired) electrons. The molecule has 0 unspecified atom stereocenters. The summed E-state index contributed by atoms with van der Waals surface area (Å²) < 4.78 is 39.2. The molecule has 0 aliphatic carbocycles. The van der Waals surface area contributed by atoms with Crippen molar-refractivity contribution >= 4 is 22.9 Å². The lowest BCUT2D eigenvalue weighted by atomic mass is 10.1. The van der Waals surface area contributed by atoms with E-state index in [0.717, 1.165) is 25.5 Å². The van der Waals surface area contributed by atoms with Gasteiger partial charge in [0.05, 0.1) is 5.56 Å². The predicted octanol–water partition coefficient (Wildman–Crippen LogP) is 3.97. The van der Waals surface area contributed by atoms with Crippen LogP contribution in [0.3, 0.4) is 0 Å². The topological polar surface area (TPSA) is 29.3 Å². The van der Waals surface area contributed by atoms with Gasteiger partial charge in [0.15, 0.2) is 0 Å². The molecule has 0 aliphatic heterocycles. The number of halogens is 3. The lowest BCUT2D eigenvalue weighted by Crippen LogP contribution is -2.25. The van der Waals surface area contributed by atoms with Crippen molar-refractivity contribution in [3.63, 3.8) is 0 Å². The SMILES string of the molecule is CCCCN(CC)c1ccc(C(N)=S)c(C(F)(F)F)c1. The Hall–Kier alpha value is -1.30. The highest BCUT2D eigenvalue weighted by atomic mass is 32.1. The van der Waals surface area contributed by atoms with Crippen LogP contribution in [0, 0.1) is 0 Å². The van der Waals surface area contributed by atoms with E-state index in [0.29, 0.717) is 12.2 Å². The van der Waals surface area contributed by atoms with Crippen molar-refractivity contribution in [2.24, 2.45) is 5.73 Å². The molecular weight excluding hydrogens is 285 g/mol. The molecule has 1 rings (SSSR count). The summed E-state index contributed by atoms with van der Waals surface area (Å²) in [6, 6.07) is 4.13. The number of benzene rings is 1. The van der Waals surface area contributed by atoms with Gasteiger partial charge in [0.25, 0.3) is 0 Å². The van der Waals surface area contributed by atoms with Gasteiger partial charge >= 0.3 is 6.18 Å². The Labute approximate surface area is 122 Å². The van der Waals surface area contributed by atoms with E-state index in [2.05, 4.69) is 12.2 Å². The summed E-state index contributed by atoms with van der Waals surface area (Å²) in [5.74, 6) is 0. The normalized spacial score (nSPS) is 11.4. The first-order valence-electron chi connectivity index (χ1n) is 6.57. The summed E-state index contributed by atoms with van der Waals surface area (Å²) in [6.45, 7) is 5.36. The van der Waals surface area contributed by atoms with E-state index in [1.165, 1.54) is 6.07 Å². The highest BCUT2D eigenvalue weighted by Crippen LogP contribution is 2.34. The third kappa shape index (κ3) is 4.10. The van der Waals surface area contributed by atoms with Crippen LogP contribution in [0.5, 0.6) is 0 Å². The largest absolute Gasteiger partial charge is 0.417 e. The molecule has 0 amide bonds. The number of nitrogens with two attached hydrogens (primary N) is 1. The molecule has 2 N–H and O–H groups in total. The van der Waals surface area contributed by atoms with Gasteiger partial charge in [-0.3, -0.25) is 0 Å². The summed E-state index contributed by atoms with van der Waals surface area (Å²) in [5.41, 5.74) is 5.03. The molecule has 1 aromatic carbocycles. The summed E-state index contributed by atoms with van der Waals surface area (Å²) in [6.07, 6.45) is -2.53.